The number of nitrogens with two attached hydrogens (primary N) is 1. The third kappa shape index (κ3) is 4.60. The number of hydrogen-bond acceptors (Lipinski definition) is 1. The summed E-state index contributed by atoms with van der Waals surface area (Å²) >= 11 is 0. The van der Waals surface area contributed by atoms with Gasteiger partial charge in [0.2, 0.25) is 7.28 Å². The summed E-state index contributed by atoms with van der Waals surface area (Å²) < 4.78 is 131. The SMILES string of the molecule is CCCCN.Fc1c(F)c(F)c(Bc2c(F)c(F)c(F)c(F)c2F)c(F)c1F. The van der Waals surface area contributed by atoms with Gasteiger partial charge in [0.25, 0.3) is 0 Å². The summed E-state index contributed by atoms with van der Waals surface area (Å²) in [4.78, 5) is 0. The van der Waals surface area contributed by atoms with Crippen LogP contribution in [0.2, 0.25) is 0 Å². The largest absolute Gasteiger partial charge is 0.330 e. The third-order valence-corrected chi connectivity index (χ3v) is 3.51. The van der Waals surface area contributed by atoms with Gasteiger partial charge in [-0.15, -0.1) is 0 Å². The summed E-state index contributed by atoms with van der Waals surface area (Å²) in [5.74, 6) is -24.5. The highest BCUT2D eigenvalue weighted by molar-refractivity contribution is 6.67. The maximum Gasteiger partial charge on any atom is 0.208 e. The highest BCUT2D eigenvalue weighted by Crippen LogP contribution is 2.18. The van der Waals surface area contributed by atoms with Crippen molar-refractivity contribution < 1.29 is 43.9 Å². The van der Waals surface area contributed by atoms with Gasteiger partial charge in [-0.3, -0.25) is 0 Å². The van der Waals surface area contributed by atoms with Crippen molar-refractivity contribution in [3.05, 3.63) is 58.2 Å². The highest BCUT2D eigenvalue weighted by atomic mass is 19.2. The average Bonchev–Trinajstić information content (AvgIpc) is 2.68. The standard InChI is InChI=1S/C12HBF10.C4H11N/c14-3-1(4(15)8(19)11(22)7(3)18)13-2-5(16)9(20)12(23)10(21)6(2)17;1-2-3-4-5/h13H;2-5H2,1H3. The van der Waals surface area contributed by atoms with Gasteiger partial charge < -0.3 is 5.73 Å². The molecule has 0 aliphatic carbocycles. The van der Waals surface area contributed by atoms with Crippen LogP contribution in [0, 0.1) is 58.2 Å². The summed E-state index contributed by atoms with van der Waals surface area (Å²) in [6, 6.07) is 0. The van der Waals surface area contributed by atoms with Crippen molar-refractivity contribution in [2.45, 2.75) is 19.8 Å². The van der Waals surface area contributed by atoms with Crippen LogP contribution in [0.5, 0.6) is 0 Å². The number of benzene rings is 2. The Morgan fingerprint density at radius 2 is 0.786 bits per heavy atom. The van der Waals surface area contributed by atoms with E-state index in [9.17, 15) is 43.9 Å². The maximum absolute atomic E-state index is 13.4. The average molecular weight is 419 g/mol. The summed E-state index contributed by atoms with van der Waals surface area (Å²) in [7, 11) is -1.74. The van der Waals surface area contributed by atoms with Crippen LogP contribution >= 0.6 is 0 Å². The van der Waals surface area contributed by atoms with Crippen molar-refractivity contribution in [3.8, 4) is 0 Å². The number of unbranched alkanes of at least 4 members (excludes halogenated alkanes) is 1. The Hall–Kier alpha value is -2.24. The van der Waals surface area contributed by atoms with E-state index in [0.717, 1.165) is 6.54 Å². The van der Waals surface area contributed by atoms with E-state index in [2.05, 4.69) is 6.92 Å². The summed E-state index contributed by atoms with van der Waals surface area (Å²) in [6.45, 7) is 2.98. The van der Waals surface area contributed by atoms with Crippen molar-refractivity contribution >= 4 is 18.2 Å². The van der Waals surface area contributed by atoms with Gasteiger partial charge in [-0.05, 0) is 23.9 Å². The molecule has 0 atom stereocenters. The fourth-order valence-corrected chi connectivity index (χ4v) is 1.99. The molecule has 0 aromatic heterocycles. The molecule has 12 heteroatoms. The second-order valence-electron chi connectivity index (χ2n) is 5.42. The first kappa shape index (κ1) is 23.8. The zero-order chi connectivity index (χ0) is 21.8. The topological polar surface area (TPSA) is 26.0 Å². The molecule has 0 radical (unpaired) electrons. The van der Waals surface area contributed by atoms with Gasteiger partial charge in [0, 0.05) is 0 Å². The van der Waals surface area contributed by atoms with E-state index in [1.165, 1.54) is 12.8 Å². The summed E-state index contributed by atoms with van der Waals surface area (Å²) in [5, 5.41) is 0. The first-order chi connectivity index (χ1) is 13.0. The predicted molar refractivity (Wildman–Crippen MR) is 82.8 cm³/mol. The summed E-state index contributed by atoms with van der Waals surface area (Å²) in [6.07, 6.45) is 2.39. The molecule has 0 unspecified atom stereocenters. The lowest BCUT2D eigenvalue weighted by atomic mass is 9.62. The Labute approximate surface area is 153 Å². The quantitative estimate of drug-likeness (QED) is 0.351. The molecule has 2 aromatic rings. The Morgan fingerprint density at radius 1 is 0.536 bits per heavy atom. The highest BCUT2D eigenvalue weighted by Gasteiger charge is 2.31. The zero-order valence-corrected chi connectivity index (χ0v) is 14.2. The van der Waals surface area contributed by atoms with Crippen molar-refractivity contribution in [2.75, 3.05) is 6.54 Å². The zero-order valence-electron chi connectivity index (χ0n) is 14.2. The molecule has 2 rings (SSSR count). The molecule has 0 aliphatic heterocycles. The maximum atomic E-state index is 13.4. The molecule has 0 fully saturated rings. The number of hydrogen-bond donors (Lipinski definition) is 1. The minimum absolute atomic E-state index is 0.844. The first-order valence-electron chi connectivity index (χ1n) is 7.71. The Bertz CT molecular complexity index is 744. The van der Waals surface area contributed by atoms with Gasteiger partial charge >= 0.3 is 0 Å². The van der Waals surface area contributed by atoms with E-state index in [1.807, 2.05) is 0 Å². The minimum Gasteiger partial charge on any atom is -0.330 e. The van der Waals surface area contributed by atoms with E-state index < -0.39 is 76.4 Å². The van der Waals surface area contributed by atoms with E-state index in [0.29, 0.717) is 0 Å². The van der Waals surface area contributed by atoms with Gasteiger partial charge in [-0.25, -0.2) is 43.9 Å². The number of rotatable bonds is 4. The lowest BCUT2D eigenvalue weighted by molar-refractivity contribution is 0.382. The summed E-state index contributed by atoms with van der Waals surface area (Å²) in [5.41, 5.74) is 1.68. The molecule has 1 nitrogen and oxygen atoms in total. The van der Waals surface area contributed by atoms with Crippen LogP contribution in [0.1, 0.15) is 19.8 Å². The Morgan fingerprint density at radius 3 is 0.964 bits per heavy atom. The molecule has 0 aliphatic rings. The van der Waals surface area contributed by atoms with Gasteiger partial charge in [-0.2, -0.15) is 0 Å². The monoisotopic (exact) mass is 419 g/mol. The van der Waals surface area contributed by atoms with Gasteiger partial charge in [0.1, 0.15) is 0 Å². The molecule has 28 heavy (non-hydrogen) atoms. The molecule has 0 amide bonds. The van der Waals surface area contributed by atoms with Gasteiger partial charge in [-0.1, -0.05) is 13.3 Å². The van der Waals surface area contributed by atoms with Crippen molar-refractivity contribution in [1.82, 2.24) is 0 Å². The van der Waals surface area contributed by atoms with E-state index >= 15 is 0 Å². The van der Waals surface area contributed by atoms with Crippen LogP contribution in [0.25, 0.3) is 0 Å². The predicted octanol–water partition coefficient (Wildman–Crippen LogP) is 3.21. The van der Waals surface area contributed by atoms with Crippen LogP contribution in [-0.2, 0) is 0 Å². The van der Waals surface area contributed by atoms with Crippen LogP contribution in [0.3, 0.4) is 0 Å². The van der Waals surface area contributed by atoms with Crippen LogP contribution in [-0.4, -0.2) is 13.8 Å². The van der Waals surface area contributed by atoms with Crippen LogP contribution in [0.15, 0.2) is 0 Å². The molecule has 2 N–H and O–H groups in total. The molecule has 0 bridgehead atoms. The lowest BCUT2D eigenvalue weighted by Gasteiger charge is -2.10. The minimum atomic E-state index is -2.53. The normalized spacial score (nSPS) is 10.6. The van der Waals surface area contributed by atoms with E-state index in [4.69, 9.17) is 5.73 Å². The molecule has 0 saturated heterocycles. The van der Waals surface area contributed by atoms with Crippen molar-refractivity contribution in [2.24, 2.45) is 5.73 Å². The fourth-order valence-electron chi connectivity index (χ4n) is 1.99. The van der Waals surface area contributed by atoms with Crippen LogP contribution in [0.4, 0.5) is 43.9 Å². The first-order valence-corrected chi connectivity index (χ1v) is 7.71. The second kappa shape index (κ2) is 9.81. The lowest BCUT2D eigenvalue weighted by Crippen LogP contribution is -2.39. The van der Waals surface area contributed by atoms with Crippen LogP contribution < -0.4 is 16.7 Å². The van der Waals surface area contributed by atoms with Gasteiger partial charge in [0.05, 0.1) is 0 Å². The van der Waals surface area contributed by atoms with E-state index in [-0.39, 0.29) is 0 Å². The smallest absolute Gasteiger partial charge is 0.208 e. The molecular weight excluding hydrogens is 407 g/mol. The van der Waals surface area contributed by atoms with Crippen molar-refractivity contribution in [1.29, 1.82) is 0 Å². The van der Waals surface area contributed by atoms with E-state index in [1.54, 1.807) is 0 Å². The van der Waals surface area contributed by atoms with Gasteiger partial charge in [0.15, 0.2) is 58.2 Å². The number of halogens is 10. The fraction of sp³-hybridized carbons (Fsp3) is 0.250. The third-order valence-electron chi connectivity index (χ3n) is 3.51. The molecule has 2 aromatic carbocycles. The molecule has 0 saturated carbocycles. The molecular formula is C16H12BF10N. The molecule has 0 spiro atoms. The molecule has 154 valence electrons. The van der Waals surface area contributed by atoms with Crippen molar-refractivity contribution in [3.63, 3.8) is 0 Å². The Kier molecular flexibility index (Phi) is 8.34. The Balaban J connectivity index is 0.000000696. The molecule has 0 heterocycles. The second-order valence-corrected chi connectivity index (χ2v) is 5.42.